The van der Waals surface area contributed by atoms with E-state index in [0.29, 0.717) is 0 Å². The monoisotopic (exact) mass is 633 g/mol. The van der Waals surface area contributed by atoms with Crippen LogP contribution in [0.4, 0.5) is 0 Å². The van der Waals surface area contributed by atoms with Crippen LogP contribution >= 0.6 is 0 Å². The van der Waals surface area contributed by atoms with E-state index in [1.165, 1.54) is 13.8 Å². The Labute approximate surface area is 253 Å². The van der Waals surface area contributed by atoms with Crippen molar-refractivity contribution in [1.29, 1.82) is 0 Å². The lowest BCUT2D eigenvalue weighted by molar-refractivity contribution is -0.335. The third kappa shape index (κ3) is 10.7. The maximum Gasteiger partial charge on any atom is 0.303 e. The molecule has 10 unspecified atom stereocenters. The third-order valence-electron chi connectivity index (χ3n) is 6.30. The fourth-order valence-electron chi connectivity index (χ4n) is 4.84. The van der Waals surface area contributed by atoms with Crippen LogP contribution in [0.3, 0.4) is 0 Å². The number of carbonyl (C=O) groups excluding carboxylic acids is 7. The van der Waals surface area contributed by atoms with Gasteiger partial charge in [-0.05, 0) is 6.92 Å². The average Bonchev–Trinajstić information content (AvgIpc) is 2.87. The maximum atomic E-state index is 12.2. The number of rotatable bonds is 11. The summed E-state index contributed by atoms with van der Waals surface area (Å²) < 4.78 is 50.2. The molecule has 0 aromatic rings. The average molecular weight is 634 g/mol. The lowest BCUT2D eigenvalue weighted by Crippen LogP contribution is -2.68. The van der Waals surface area contributed by atoms with Gasteiger partial charge in [0.1, 0.15) is 31.5 Å². The molecule has 1 N–H and O–H groups in total. The van der Waals surface area contributed by atoms with E-state index in [9.17, 15) is 33.6 Å². The van der Waals surface area contributed by atoms with Crippen molar-refractivity contribution in [3.05, 3.63) is 0 Å². The van der Waals surface area contributed by atoms with E-state index < -0.39 is 109 Å². The molecule has 0 bridgehead atoms. The van der Waals surface area contributed by atoms with Gasteiger partial charge in [-0.1, -0.05) is 0 Å². The third-order valence-corrected chi connectivity index (χ3v) is 6.30. The van der Waals surface area contributed by atoms with E-state index in [2.05, 4.69) is 5.32 Å². The summed E-state index contributed by atoms with van der Waals surface area (Å²) in [4.78, 5) is 84.0. The highest BCUT2D eigenvalue weighted by atomic mass is 16.7. The molecule has 0 aliphatic carbocycles. The highest BCUT2D eigenvalue weighted by Crippen LogP contribution is 2.34. The smallest absolute Gasteiger partial charge is 0.303 e. The Kier molecular flexibility index (Phi) is 13.5. The SMILES string of the molecule is CC(=O)NC1C(C)OC(COC(C)=O)C(OC(C)=O)C1OC1OC(COC(C)=O)C(OC(C)=O)C(OC(C)=O)C1OC(C)=O. The molecule has 2 rings (SSSR count). The molecule has 44 heavy (non-hydrogen) atoms. The van der Waals surface area contributed by atoms with Crippen molar-refractivity contribution in [2.24, 2.45) is 0 Å². The first kappa shape index (κ1) is 36.4. The number of hydrogen-bond donors (Lipinski definition) is 1. The van der Waals surface area contributed by atoms with E-state index in [1.54, 1.807) is 6.92 Å². The van der Waals surface area contributed by atoms with Crippen LogP contribution in [0.25, 0.3) is 0 Å². The van der Waals surface area contributed by atoms with Gasteiger partial charge >= 0.3 is 35.8 Å². The largest absolute Gasteiger partial charge is 0.463 e. The molecule has 1 amide bonds. The minimum atomic E-state index is -1.67. The van der Waals surface area contributed by atoms with Crippen molar-refractivity contribution < 1.29 is 76.2 Å². The van der Waals surface area contributed by atoms with E-state index in [0.717, 1.165) is 34.6 Å². The number of ether oxygens (including phenoxy) is 9. The first-order valence-corrected chi connectivity index (χ1v) is 13.7. The van der Waals surface area contributed by atoms with Crippen LogP contribution in [0.15, 0.2) is 0 Å². The summed E-state index contributed by atoms with van der Waals surface area (Å²) in [6.07, 6.45) is -12.2. The summed E-state index contributed by atoms with van der Waals surface area (Å²) >= 11 is 0. The van der Waals surface area contributed by atoms with E-state index in [-0.39, 0.29) is 6.61 Å². The van der Waals surface area contributed by atoms with Crippen LogP contribution in [0, 0.1) is 0 Å². The van der Waals surface area contributed by atoms with E-state index in [1.807, 2.05) is 0 Å². The topological polar surface area (TPSA) is 215 Å². The molecular weight excluding hydrogens is 594 g/mol. The number of nitrogens with one attached hydrogen (secondary N) is 1. The van der Waals surface area contributed by atoms with Crippen LogP contribution in [-0.4, -0.2) is 116 Å². The number of esters is 6. The van der Waals surface area contributed by atoms with Crippen molar-refractivity contribution in [3.8, 4) is 0 Å². The molecule has 0 radical (unpaired) electrons. The Morgan fingerprint density at radius 2 is 0.955 bits per heavy atom. The summed E-state index contributed by atoms with van der Waals surface area (Å²) in [7, 11) is 0. The zero-order chi connectivity index (χ0) is 33.3. The lowest BCUT2D eigenvalue weighted by Gasteiger charge is -2.49. The predicted octanol–water partition coefficient (Wildman–Crippen LogP) is -0.758. The predicted molar refractivity (Wildman–Crippen MR) is 141 cm³/mol. The van der Waals surface area contributed by atoms with Gasteiger partial charge in [-0.2, -0.15) is 0 Å². The molecule has 0 saturated carbocycles. The normalized spacial score (nSPS) is 31.5. The van der Waals surface area contributed by atoms with Crippen LogP contribution in [-0.2, 0) is 76.2 Å². The summed E-state index contributed by atoms with van der Waals surface area (Å²) in [5.74, 6) is -5.21. The van der Waals surface area contributed by atoms with Crippen molar-refractivity contribution in [2.75, 3.05) is 13.2 Å². The zero-order valence-corrected chi connectivity index (χ0v) is 25.7. The Morgan fingerprint density at radius 1 is 0.545 bits per heavy atom. The van der Waals surface area contributed by atoms with Gasteiger partial charge in [0.2, 0.25) is 5.91 Å². The minimum Gasteiger partial charge on any atom is -0.463 e. The first-order valence-electron chi connectivity index (χ1n) is 13.7. The fourth-order valence-corrected chi connectivity index (χ4v) is 4.84. The van der Waals surface area contributed by atoms with Gasteiger partial charge in [0.15, 0.2) is 30.7 Å². The molecule has 2 heterocycles. The van der Waals surface area contributed by atoms with Crippen molar-refractivity contribution in [1.82, 2.24) is 5.32 Å². The Balaban J connectivity index is 2.66. The molecule has 0 aromatic carbocycles. The highest BCUT2D eigenvalue weighted by Gasteiger charge is 2.56. The molecule has 2 aliphatic heterocycles. The van der Waals surface area contributed by atoms with Gasteiger partial charge in [0.05, 0.1) is 12.1 Å². The maximum absolute atomic E-state index is 12.2. The molecule has 10 atom stereocenters. The summed E-state index contributed by atoms with van der Waals surface area (Å²) in [5, 5.41) is 2.67. The van der Waals surface area contributed by atoms with Crippen LogP contribution in [0.1, 0.15) is 55.4 Å². The number of amides is 1. The molecule has 0 spiro atoms. The fraction of sp³-hybridized carbons (Fsp3) is 0.741. The molecule has 17 heteroatoms. The van der Waals surface area contributed by atoms with Gasteiger partial charge in [-0.25, -0.2) is 0 Å². The van der Waals surface area contributed by atoms with Crippen LogP contribution < -0.4 is 5.32 Å². The van der Waals surface area contributed by atoms with Gasteiger partial charge in [-0.15, -0.1) is 0 Å². The van der Waals surface area contributed by atoms with Crippen molar-refractivity contribution >= 4 is 41.7 Å². The van der Waals surface area contributed by atoms with E-state index in [4.69, 9.17) is 42.6 Å². The second-order valence-electron chi connectivity index (χ2n) is 10.2. The second-order valence-corrected chi connectivity index (χ2v) is 10.2. The molecule has 17 nitrogen and oxygen atoms in total. The second kappa shape index (κ2) is 16.3. The molecular formula is C27H39NO16. The zero-order valence-electron chi connectivity index (χ0n) is 25.7. The lowest BCUT2D eigenvalue weighted by atomic mass is 9.92. The van der Waals surface area contributed by atoms with Gasteiger partial charge < -0.3 is 47.9 Å². The molecule has 248 valence electrons. The molecule has 0 aromatic heterocycles. The van der Waals surface area contributed by atoms with Crippen molar-refractivity contribution in [3.63, 3.8) is 0 Å². The molecule has 2 saturated heterocycles. The van der Waals surface area contributed by atoms with Gasteiger partial charge in [0.25, 0.3) is 0 Å². The Bertz CT molecular complexity index is 1090. The minimum absolute atomic E-state index is 0.372. The summed E-state index contributed by atoms with van der Waals surface area (Å²) in [6.45, 7) is 8.51. The molecule has 2 fully saturated rings. The van der Waals surface area contributed by atoms with Crippen LogP contribution in [0.2, 0.25) is 0 Å². The van der Waals surface area contributed by atoms with Gasteiger partial charge in [-0.3, -0.25) is 33.6 Å². The number of carbonyl (C=O) groups is 7. The highest BCUT2D eigenvalue weighted by molar-refractivity contribution is 5.73. The summed E-state index contributed by atoms with van der Waals surface area (Å²) in [6, 6.07) is -1.03. The first-order chi connectivity index (χ1) is 20.5. The quantitative estimate of drug-likeness (QED) is 0.219. The van der Waals surface area contributed by atoms with Gasteiger partial charge in [0, 0.05) is 48.5 Å². The summed E-state index contributed by atoms with van der Waals surface area (Å²) in [5.41, 5.74) is 0. The van der Waals surface area contributed by atoms with E-state index >= 15 is 0 Å². The van der Waals surface area contributed by atoms with Crippen LogP contribution in [0.5, 0.6) is 0 Å². The van der Waals surface area contributed by atoms with Crippen molar-refractivity contribution in [2.45, 2.75) is 117 Å². The molecule has 2 aliphatic rings. The Hall–Kier alpha value is -3.83. The number of hydrogen-bond acceptors (Lipinski definition) is 16. The standard InChI is InChI=1S/C27H39NO16/c1-11-21(28-12(2)29)24(22(39-15(5)32)19(38-11)9-36-13(3)30)44-27-26(42-18(8)35)25(41-17(7)34)23(40-16(6)33)20(43-27)10-37-14(4)31/h11,19-27H,9-10H2,1-8H3,(H,28,29). The Morgan fingerprint density at radius 3 is 1.39 bits per heavy atom.